The van der Waals surface area contributed by atoms with Crippen LogP contribution in [-0.2, 0) is 0 Å². The molecule has 0 aromatic rings. The Morgan fingerprint density at radius 1 is 1.53 bits per heavy atom. The highest BCUT2D eigenvalue weighted by molar-refractivity contribution is 7.80. The molecule has 0 aromatic carbocycles. The quantitative estimate of drug-likeness (QED) is 0.718. The van der Waals surface area contributed by atoms with Crippen molar-refractivity contribution < 1.29 is 5.11 Å². The summed E-state index contributed by atoms with van der Waals surface area (Å²) in [6.07, 6.45) is 5.12. The van der Waals surface area contributed by atoms with Gasteiger partial charge in [0.05, 0.1) is 6.10 Å². The van der Waals surface area contributed by atoms with Crippen LogP contribution < -0.4 is 0 Å². The molecule has 1 heterocycles. The first-order chi connectivity index (χ1) is 7.15. The van der Waals surface area contributed by atoms with E-state index >= 15 is 0 Å². The normalized spacial score (nSPS) is 32.6. The van der Waals surface area contributed by atoms with Crippen LogP contribution >= 0.6 is 12.6 Å². The lowest BCUT2D eigenvalue weighted by Crippen LogP contribution is -2.43. The zero-order valence-electron chi connectivity index (χ0n) is 9.65. The number of hydrogen-bond acceptors (Lipinski definition) is 3. The first-order valence-electron chi connectivity index (χ1n) is 6.16. The average molecular weight is 229 g/mol. The Kier molecular flexibility index (Phi) is 3.63. The molecule has 15 heavy (non-hydrogen) atoms. The summed E-state index contributed by atoms with van der Waals surface area (Å²) >= 11 is 4.49. The van der Waals surface area contributed by atoms with Crippen LogP contribution in [0.1, 0.15) is 32.6 Å². The second-order valence-corrected chi connectivity index (χ2v) is 5.85. The molecule has 2 nitrogen and oxygen atoms in total. The third kappa shape index (κ3) is 2.51. The van der Waals surface area contributed by atoms with Gasteiger partial charge in [0.25, 0.3) is 0 Å². The van der Waals surface area contributed by atoms with E-state index in [1.165, 1.54) is 38.8 Å². The summed E-state index contributed by atoms with van der Waals surface area (Å²) in [5, 5.41) is 9.55. The Morgan fingerprint density at radius 3 is 2.67 bits per heavy atom. The van der Waals surface area contributed by atoms with Gasteiger partial charge in [-0.15, -0.1) is 0 Å². The Morgan fingerprint density at radius 2 is 2.27 bits per heavy atom. The van der Waals surface area contributed by atoms with Gasteiger partial charge < -0.3 is 10.0 Å². The van der Waals surface area contributed by atoms with E-state index in [9.17, 15) is 5.11 Å². The molecule has 1 saturated heterocycles. The fraction of sp³-hybridized carbons (Fsp3) is 1.00. The fourth-order valence-corrected chi connectivity index (χ4v) is 3.33. The molecule has 2 atom stereocenters. The van der Waals surface area contributed by atoms with Crippen LogP contribution in [0.4, 0.5) is 0 Å². The minimum atomic E-state index is -0.136. The number of likely N-dealkylation sites (tertiary alicyclic amines) is 1. The molecular weight excluding hydrogens is 206 g/mol. The monoisotopic (exact) mass is 229 g/mol. The Labute approximate surface area is 98.5 Å². The van der Waals surface area contributed by atoms with E-state index in [1.807, 2.05) is 6.92 Å². The van der Waals surface area contributed by atoms with Crippen molar-refractivity contribution in [1.29, 1.82) is 0 Å². The fourth-order valence-electron chi connectivity index (χ4n) is 2.92. The second-order valence-electron chi connectivity index (χ2n) is 5.54. The molecule has 0 spiro atoms. The molecule has 2 fully saturated rings. The Balaban J connectivity index is 1.81. The van der Waals surface area contributed by atoms with Gasteiger partial charge in [-0.2, -0.15) is 12.6 Å². The maximum absolute atomic E-state index is 9.55. The third-order valence-corrected chi connectivity index (χ3v) is 4.97. The van der Waals surface area contributed by atoms with Crippen molar-refractivity contribution >= 4 is 12.6 Å². The van der Waals surface area contributed by atoms with Crippen LogP contribution in [0.5, 0.6) is 0 Å². The summed E-state index contributed by atoms with van der Waals surface area (Å²) in [7, 11) is 0. The Hall–Kier alpha value is 0.270. The topological polar surface area (TPSA) is 23.5 Å². The van der Waals surface area contributed by atoms with E-state index in [1.54, 1.807) is 0 Å². The lowest BCUT2D eigenvalue weighted by atomic mass is 9.70. The van der Waals surface area contributed by atoms with Crippen LogP contribution in [0.25, 0.3) is 0 Å². The van der Waals surface area contributed by atoms with Crippen LogP contribution in [0.2, 0.25) is 0 Å². The molecule has 3 heteroatoms. The second kappa shape index (κ2) is 4.64. The van der Waals surface area contributed by atoms with Crippen LogP contribution in [0, 0.1) is 11.3 Å². The Bertz CT molecular complexity index is 210. The lowest BCUT2D eigenvalue weighted by molar-refractivity contribution is 0.0888. The van der Waals surface area contributed by atoms with Crippen molar-refractivity contribution in [3.8, 4) is 0 Å². The van der Waals surface area contributed by atoms with Crippen molar-refractivity contribution in [2.24, 2.45) is 11.3 Å². The van der Waals surface area contributed by atoms with Crippen LogP contribution in [0.3, 0.4) is 0 Å². The minimum absolute atomic E-state index is 0.136. The maximum atomic E-state index is 9.55. The van der Waals surface area contributed by atoms with Crippen LogP contribution in [-0.4, -0.2) is 41.5 Å². The van der Waals surface area contributed by atoms with Gasteiger partial charge in [0.1, 0.15) is 0 Å². The molecule has 0 aromatic heterocycles. The highest BCUT2D eigenvalue weighted by Crippen LogP contribution is 2.43. The molecule has 2 aliphatic rings. The molecule has 0 amide bonds. The van der Waals surface area contributed by atoms with E-state index in [2.05, 4.69) is 17.5 Å². The number of nitrogens with zero attached hydrogens (tertiary/aromatic N) is 1. The van der Waals surface area contributed by atoms with E-state index in [0.717, 1.165) is 12.3 Å². The molecule has 1 aliphatic heterocycles. The summed E-state index contributed by atoms with van der Waals surface area (Å²) in [6.45, 7) is 5.39. The predicted octanol–water partition coefficient (Wildman–Crippen LogP) is 1.79. The van der Waals surface area contributed by atoms with Gasteiger partial charge in [-0.3, -0.25) is 0 Å². The number of hydrogen-bond donors (Lipinski definition) is 2. The van der Waals surface area contributed by atoms with Gasteiger partial charge in [0, 0.05) is 13.1 Å². The maximum Gasteiger partial charge on any atom is 0.0552 e. The van der Waals surface area contributed by atoms with Crippen molar-refractivity contribution in [1.82, 2.24) is 4.90 Å². The highest BCUT2D eigenvalue weighted by atomic mass is 32.1. The average Bonchev–Trinajstić information content (AvgIpc) is 2.59. The summed E-state index contributed by atoms with van der Waals surface area (Å²) in [4.78, 5) is 2.53. The first-order valence-corrected chi connectivity index (χ1v) is 6.80. The SMILES string of the molecule is CC(O)C1CCN(CC2(CS)CCC2)C1. The van der Waals surface area contributed by atoms with E-state index in [4.69, 9.17) is 0 Å². The molecule has 1 N–H and O–H groups in total. The van der Waals surface area contributed by atoms with Gasteiger partial charge >= 0.3 is 0 Å². The van der Waals surface area contributed by atoms with Gasteiger partial charge in [-0.05, 0) is 49.8 Å². The lowest BCUT2D eigenvalue weighted by Gasteiger charge is -2.43. The molecule has 0 bridgehead atoms. The molecule has 88 valence electrons. The summed E-state index contributed by atoms with van der Waals surface area (Å²) in [5.41, 5.74) is 0.511. The number of rotatable bonds is 4. The minimum Gasteiger partial charge on any atom is -0.393 e. The van der Waals surface area contributed by atoms with Crippen molar-refractivity contribution in [2.75, 3.05) is 25.4 Å². The molecule has 2 rings (SSSR count). The van der Waals surface area contributed by atoms with E-state index < -0.39 is 0 Å². The smallest absolute Gasteiger partial charge is 0.0552 e. The molecule has 1 aliphatic carbocycles. The highest BCUT2D eigenvalue weighted by Gasteiger charge is 2.39. The van der Waals surface area contributed by atoms with Crippen molar-refractivity contribution in [2.45, 2.75) is 38.7 Å². The van der Waals surface area contributed by atoms with Gasteiger partial charge in [0.2, 0.25) is 0 Å². The van der Waals surface area contributed by atoms with E-state index in [0.29, 0.717) is 11.3 Å². The third-order valence-electron chi connectivity index (χ3n) is 4.30. The van der Waals surface area contributed by atoms with Gasteiger partial charge in [0.15, 0.2) is 0 Å². The predicted molar refractivity (Wildman–Crippen MR) is 66.4 cm³/mol. The summed E-state index contributed by atoms with van der Waals surface area (Å²) in [5.74, 6) is 1.53. The first kappa shape index (κ1) is 11.7. The molecular formula is C12H23NOS. The summed E-state index contributed by atoms with van der Waals surface area (Å²) in [6, 6.07) is 0. The standard InChI is InChI=1S/C12H23NOS/c1-10(14)11-3-6-13(7-11)8-12(9-15)4-2-5-12/h10-11,14-15H,2-9H2,1H3. The van der Waals surface area contributed by atoms with Crippen molar-refractivity contribution in [3.63, 3.8) is 0 Å². The van der Waals surface area contributed by atoms with Crippen molar-refractivity contribution in [3.05, 3.63) is 0 Å². The molecule has 1 saturated carbocycles. The van der Waals surface area contributed by atoms with Crippen LogP contribution in [0.15, 0.2) is 0 Å². The number of thiol groups is 1. The zero-order valence-corrected chi connectivity index (χ0v) is 10.5. The van der Waals surface area contributed by atoms with E-state index in [-0.39, 0.29) is 6.10 Å². The van der Waals surface area contributed by atoms with Gasteiger partial charge in [-0.1, -0.05) is 6.42 Å². The van der Waals surface area contributed by atoms with Gasteiger partial charge in [-0.25, -0.2) is 0 Å². The number of aliphatic hydroxyl groups is 1. The molecule has 0 radical (unpaired) electrons. The molecule has 2 unspecified atom stereocenters. The summed E-state index contributed by atoms with van der Waals surface area (Å²) < 4.78 is 0. The largest absolute Gasteiger partial charge is 0.393 e. The zero-order chi connectivity index (χ0) is 10.9. The number of aliphatic hydroxyl groups excluding tert-OH is 1.